The van der Waals surface area contributed by atoms with Crippen LogP contribution in [0, 0.1) is 0 Å². The lowest BCUT2D eigenvalue weighted by Gasteiger charge is -2.08. The fraction of sp³-hybridized carbons (Fsp3) is 0.542. The van der Waals surface area contributed by atoms with Gasteiger partial charge < -0.3 is 0 Å². The van der Waals surface area contributed by atoms with Gasteiger partial charge in [-0.3, -0.25) is 0 Å². The lowest BCUT2D eigenvalue weighted by molar-refractivity contribution is 0.550. The van der Waals surface area contributed by atoms with Gasteiger partial charge in [0.05, 0.1) is 0 Å². The van der Waals surface area contributed by atoms with Gasteiger partial charge in [-0.1, -0.05) is 167 Å². The summed E-state index contributed by atoms with van der Waals surface area (Å²) >= 11 is 4.04. The van der Waals surface area contributed by atoms with E-state index in [0.29, 0.717) is 0 Å². The number of hydrogen-bond donors (Lipinski definition) is 0. The molecule has 0 N–H and O–H groups in total. The third kappa shape index (κ3) is 10.3. The van der Waals surface area contributed by atoms with E-state index in [9.17, 15) is 0 Å². The number of thiophene rings is 2. The summed E-state index contributed by atoms with van der Waals surface area (Å²) in [5, 5.41) is 11.2. The van der Waals surface area contributed by atoms with Crippen molar-refractivity contribution in [2.45, 2.75) is 168 Å². The third-order valence-electron chi connectivity index (χ3n) is 11.3. The van der Waals surface area contributed by atoms with Gasteiger partial charge in [0.2, 0.25) is 0 Å². The summed E-state index contributed by atoms with van der Waals surface area (Å²) in [5.41, 5.74) is 0. The molecule has 268 valence electrons. The van der Waals surface area contributed by atoms with E-state index in [2.05, 4.69) is 74.5 Å². The molecule has 2 heteroatoms. The number of rotatable bonds is 24. The van der Waals surface area contributed by atoms with Crippen LogP contribution in [0.3, 0.4) is 0 Å². The largest absolute Gasteiger partial charge is 0.140 e. The van der Waals surface area contributed by atoms with E-state index in [1.807, 2.05) is 22.7 Å². The Balaban J connectivity index is 1.03. The van der Waals surface area contributed by atoms with Gasteiger partial charge in [-0.05, 0) is 105 Å². The van der Waals surface area contributed by atoms with Crippen molar-refractivity contribution in [2.75, 3.05) is 0 Å². The van der Waals surface area contributed by atoms with Gasteiger partial charge >= 0.3 is 0 Å². The molecule has 6 aromatic rings. The molecule has 0 aliphatic heterocycles. The zero-order valence-corrected chi connectivity index (χ0v) is 33.2. The van der Waals surface area contributed by atoms with E-state index < -0.39 is 0 Å². The maximum absolute atomic E-state index is 2.49. The molecule has 4 aromatic carbocycles. The molecule has 0 nitrogen and oxygen atoms in total. The summed E-state index contributed by atoms with van der Waals surface area (Å²) in [6.07, 6.45) is 33.5. The summed E-state index contributed by atoms with van der Waals surface area (Å²) in [7, 11) is 0. The molecule has 0 amide bonds. The van der Waals surface area contributed by atoms with Crippen molar-refractivity contribution in [3.8, 4) is 0 Å². The van der Waals surface area contributed by atoms with Gasteiger partial charge in [0.15, 0.2) is 0 Å². The summed E-state index contributed by atoms with van der Waals surface area (Å²) in [6, 6.07) is 24.3. The van der Waals surface area contributed by atoms with Crippen molar-refractivity contribution in [2.24, 2.45) is 0 Å². The molecule has 0 atom stereocenters. The first-order valence-electron chi connectivity index (χ1n) is 21.0. The van der Waals surface area contributed by atoms with Crippen molar-refractivity contribution in [1.82, 2.24) is 0 Å². The average molecular weight is 705 g/mol. The van der Waals surface area contributed by atoms with E-state index in [1.165, 1.54) is 207 Å². The Bertz CT molecular complexity index is 1760. The summed E-state index contributed by atoms with van der Waals surface area (Å²) in [5.74, 6) is 0. The SMILES string of the molecule is CCCCCCCCCCCCCc1cc2cc3c(ccc4c5cc6cc(CCCCCCCCCCCCC)sc6cc5ccc34)cc2s1. The lowest BCUT2D eigenvalue weighted by atomic mass is 9.96. The van der Waals surface area contributed by atoms with Crippen LogP contribution in [-0.4, -0.2) is 0 Å². The predicted octanol–water partition coefficient (Wildman–Crippen LogP) is 17.3. The second-order valence-electron chi connectivity index (χ2n) is 15.4. The van der Waals surface area contributed by atoms with Crippen LogP contribution in [0.5, 0.6) is 0 Å². The molecule has 0 aliphatic carbocycles. The number of fused-ring (bicyclic) bond motifs is 7. The predicted molar refractivity (Wildman–Crippen MR) is 230 cm³/mol. The quantitative estimate of drug-likeness (QED) is 0.0435. The minimum Gasteiger partial charge on any atom is -0.140 e. The van der Waals surface area contributed by atoms with Crippen LogP contribution < -0.4 is 0 Å². The van der Waals surface area contributed by atoms with Gasteiger partial charge in [0, 0.05) is 19.2 Å². The maximum atomic E-state index is 2.49. The van der Waals surface area contributed by atoms with Gasteiger partial charge in [0.25, 0.3) is 0 Å². The molecule has 0 radical (unpaired) electrons. The topological polar surface area (TPSA) is 0 Å². The zero-order chi connectivity index (χ0) is 34.4. The average Bonchev–Trinajstić information content (AvgIpc) is 3.73. The molecular weight excluding hydrogens is 641 g/mol. The van der Waals surface area contributed by atoms with Crippen LogP contribution in [0.2, 0.25) is 0 Å². The first-order chi connectivity index (χ1) is 24.7. The molecule has 0 unspecified atom stereocenters. The number of aryl methyl sites for hydroxylation is 2. The van der Waals surface area contributed by atoms with Gasteiger partial charge in [-0.2, -0.15) is 0 Å². The van der Waals surface area contributed by atoms with Crippen LogP contribution >= 0.6 is 22.7 Å². The van der Waals surface area contributed by atoms with Crippen molar-refractivity contribution in [3.05, 3.63) is 70.4 Å². The van der Waals surface area contributed by atoms with Gasteiger partial charge in [-0.25, -0.2) is 0 Å². The van der Waals surface area contributed by atoms with Crippen LogP contribution in [-0.2, 0) is 12.8 Å². The Kier molecular flexibility index (Phi) is 14.9. The lowest BCUT2D eigenvalue weighted by Crippen LogP contribution is -1.84. The fourth-order valence-electron chi connectivity index (χ4n) is 8.23. The molecule has 0 fully saturated rings. The minimum atomic E-state index is 1.23. The highest BCUT2D eigenvalue weighted by atomic mass is 32.1. The van der Waals surface area contributed by atoms with E-state index >= 15 is 0 Å². The zero-order valence-electron chi connectivity index (χ0n) is 31.6. The summed E-state index contributed by atoms with van der Waals surface area (Å²) in [4.78, 5) is 3.12. The second-order valence-corrected chi connectivity index (χ2v) is 17.8. The number of unbranched alkanes of at least 4 members (excludes halogenated alkanes) is 20. The Morgan fingerprint density at radius 1 is 0.320 bits per heavy atom. The van der Waals surface area contributed by atoms with Crippen LogP contribution in [0.15, 0.2) is 60.7 Å². The Labute approximate surface area is 312 Å². The first kappa shape index (κ1) is 37.3. The molecule has 2 heterocycles. The van der Waals surface area contributed by atoms with Crippen LogP contribution in [0.1, 0.15) is 165 Å². The van der Waals surface area contributed by atoms with Crippen LogP contribution in [0.4, 0.5) is 0 Å². The Morgan fingerprint density at radius 2 is 0.660 bits per heavy atom. The van der Waals surface area contributed by atoms with Gasteiger partial charge in [-0.15, -0.1) is 22.7 Å². The number of benzene rings is 4. The Hall–Kier alpha value is -2.42. The summed E-state index contributed by atoms with van der Waals surface area (Å²) < 4.78 is 2.89. The highest BCUT2D eigenvalue weighted by Crippen LogP contribution is 2.39. The maximum Gasteiger partial charge on any atom is 0.0352 e. The second kappa shape index (κ2) is 20.0. The molecule has 0 aliphatic rings. The van der Waals surface area contributed by atoms with E-state index in [1.54, 1.807) is 9.75 Å². The monoisotopic (exact) mass is 704 g/mol. The third-order valence-corrected chi connectivity index (χ3v) is 13.6. The molecule has 0 spiro atoms. The van der Waals surface area contributed by atoms with Crippen molar-refractivity contribution < 1.29 is 0 Å². The fourth-order valence-corrected chi connectivity index (χ4v) is 10.5. The highest BCUT2D eigenvalue weighted by molar-refractivity contribution is 7.19. The summed E-state index contributed by atoms with van der Waals surface area (Å²) in [6.45, 7) is 4.61. The molecule has 0 saturated heterocycles. The van der Waals surface area contributed by atoms with Gasteiger partial charge in [0.1, 0.15) is 0 Å². The highest BCUT2D eigenvalue weighted by Gasteiger charge is 2.11. The smallest absolute Gasteiger partial charge is 0.0352 e. The first-order valence-corrected chi connectivity index (χ1v) is 22.6. The van der Waals surface area contributed by atoms with Crippen molar-refractivity contribution >= 4 is 75.2 Å². The normalized spacial score (nSPS) is 12.1. The van der Waals surface area contributed by atoms with Crippen LogP contribution in [0.25, 0.3) is 52.5 Å². The molecule has 2 aromatic heterocycles. The van der Waals surface area contributed by atoms with Crippen molar-refractivity contribution in [1.29, 1.82) is 0 Å². The van der Waals surface area contributed by atoms with E-state index in [-0.39, 0.29) is 0 Å². The number of hydrogen-bond acceptors (Lipinski definition) is 2. The molecule has 6 rings (SSSR count). The van der Waals surface area contributed by atoms with E-state index in [4.69, 9.17) is 0 Å². The standard InChI is InChI=1S/C48H64S2/c1-3-5-7-9-11-13-15-17-19-21-23-25-41-31-39-33-45-37(35-47(39)49-41)27-29-44-43(45)30-28-38-36-48-40(34-46(38)44)32-42(50-48)26-24-22-20-18-16-14-12-10-8-6-4-2/h27-36H,3-26H2,1-2H3. The van der Waals surface area contributed by atoms with Crippen molar-refractivity contribution in [3.63, 3.8) is 0 Å². The molecule has 50 heavy (non-hydrogen) atoms. The Morgan fingerprint density at radius 3 is 1.02 bits per heavy atom. The minimum absolute atomic E-state index is 1.23. The van der Waals surface area contributed by atoms with E-state index in [0.717, 1.165) is 0 Å². The molecule has 0 bridgehead atoms. The molecule has 0 saturated carbocycles. The molecular formula is C48H64S2.